The molecule has 0 saturated heterocycles. The normalized spacial score (nSPS) is 11.1. The summed E-state index contributed by atoms with van der Waals surface area (Å²) < 4.78 is 28.1. The van der Waals surface area contributed by atoms with Crippen molar-refractivity contribution in [3.8, 4) is 0 Å². The number of hydrogen-bond acceptors (Lipinski definition) is 5. The van der Waals surface area contributed by atoms with Gasteiger partial charge in [-0.25, -0.2) is 13.2 Å². The fourth-order valence-electron chi connectivity index (χ4n) is 3.00. The van der Waals surface area contributed by atoms with Crippen LogP contribution in [-0.4, -0.2) is 30.2 Å². The smallest absolute Gasteiger partial charge is 0.306 e. The maximum Gasteiger partial charge on any atom is 0.323 e. The summed E-state index contributed by atoms with van der Waals surface area (Å²) in [5.74, 6) is -1.23. The van der Waals surface area contributed by atoms with Gasteiger partial charge in [-0.1, -0.05) is 30.3 Å². The summed E-state index contributed by atoms with van der Waals surface area (Å²) in [7, 11) is -4.08. The molecule has 162 valence electrons. The summed E-state index contributed by atoms with van der Waals surface area (Å²) in [4.78, 5) is 41.1. The molecule has 0 radical (unpaired) electrons. The molecule has 0 atom stereocenters. The van der Waals surface area contributed by atoms with Crippen LogP contribution in [0.3, 0.4) is 0 Å². The molecule has 4 aromatic rings. The van der Waals surface area contributed by atoms with Gasteiger partial charge in [-0.05, 0) is 42.5 Å². The number of imidazole rings is 1. The quantitative estimate of drug-likeness (QED) is 0.293. The third-order valence-corrected chi connectivity index (χ3v) is 5.90. The zero-order chi connectivity index (χ0) is 22.7. The first-order valence-corrected chi connectivity index (χ1v) is 10.8. The molecule has 0 bridgehead atoms. The van der Waals surface area contributed by atoms with Crippen molar-refractivity contribution in [2.75, 3.05) is 4.72 Å². The second-order valence-corrected chi connectivity index (χ2v) is 8.39. The molecule has 4 rings (SSSR count). The number of nitrogens with one attached hydrogen (secondary N) is 5. The van der Waals surface area contributed by atoms with Gasteiger partial charge in [-0.15, -0.1) is 0 Å². The van der Waals surface area contributed by atoms with Crippen LogP contribution in [0.15, 0.2) is 82.5 Å². The highest BCUT2D eigenvalue weighted by atomic mass is 32.2. The van der Waals surface area contributed by atoms with E-state index in [4.69, 9.17) is 0 Å². The topological polar surface area (TPSA) is 153 Å². The molecule has 0 aliphatic rings. The summed E-state index contributed by atoms with van der Waals surface area (Å²) >= 11 is 0. The second-order valence-electron chi connectivity index (χ2n) is 6.71. The van der Waals surface area contributed by atoms with E-state index >= 15 is 0 Å². The second kappa shape index (κ2) is 8.40. The molecule has 0 fully saturated rings. The molecule has 3 aromatic carbocycles. The first-order chi connectivity index (χ1) is 15.3. The van der Waals surface area contributed by atoms with E-state index in [1.807, 2.05) is 0 Å². The van der Waals surface area contributed by atoms with Crippen LogP contribution in [0, 0.1) is 0 Å². The number of aromatic nitrogens is 2. The maximum atomic E-state index is 12.9. The monoisotopic (exact) mass is 451 g/mol. The fourth-order valence-corrected chi connectivity index (χ4v) is 4.10. The Morgan fingerprint density at radius 2 is 1.41 bits per heavy atom. The van der Waals surface area contributed by atoms with Crippen LogP contribution in [-0.2, 0) is 10.0 Å². The summed E-state index contributed by atoms with van der Waals surface area (Å²) in [6, 6.07) is 18.3. The summed E-state index contributed by atoms with van der Waals surface area (Å²) in [5.41, 5.74) is 5.26. The molecule has 2 amide bonds. The summed E-state index contributed by atoms with van der Waals surface area (Å²) in [6.07, 6.45) is 0. The van der Waals surface area contributed by atoms with Crippen LogP contribution >= 0.6 is 0 Å². The minimum absolute atomic E-state index is 0.000524. The molecular formula is C21H17N5O5S. The summed E-state index contributed by atoms with van der Waals surface area (Å²) in [6.45, 7) is 0. The van der Waals surface area contributed by atoms with Gasteiger partial charge in [0.2, 0.25) is 0 Å². The number of rotatable bonds is 5. The predicted octanol–water partition coefficient (Wildman–Crippen LogP) is 1.73. The van der Waals surface area contributed by atoms with Crippen molar-refractivity contribution < 1.29 is 18.0 Å². The van der Waals surface area contributed by atoms with Gasteiger partial charge in [-0.3, -0.25) is 25.2 Å². The lowest BCUT2D eigenvalue weighted by molar-refractivity contribution is 0.0847. The van der Waals surface area contributed by atoms with E-state index in [0.717, 1.165) is 0 Å². The van der Waals surface area contributed by atoms with Gasteiger partial charge >= 0.3 is 5.69 Å². The fraction of sp³-hybridized carbons (Fsp3) is 0. The number of para-hydroxylation sites is 1. The van der Waals surface area contributed by atoms with E-state index in [0.29, 0.717) is 16.6 Å². The van der Waals surface area contributed by atoms with Crippen LogP contribution in [0.25, 0.3) is 11.0 Å². The molecule has 5 N–H and O–H groups in total. The first-order valence-electron chi connectivity index (χ1n) is 9.33. The molecule has 0 aliphatic heterocycles. The lowest BCUT2D eigenvalue weighted by Gasteiger charge is -2.13. The number of aromatic amines is 2. The van der Waals surface area contributed by atoms with E-state index < -0.39 is 27.5 Å². The van der Waals surface area contributed by atoms with E-state index in [1.165, 1.54) is 30.3 Å². The maximum absolute atomic E-state index is 12.9. The van der Waals surface area contributed by atoms with E-state index in [1.54, 1.807) is 42.5 Å². The van der Waals surface area contributed by atoms with Gasteiger partial charge in [0.1, 0.15) is 0 Å². The van der Waals surface area contributed by atoms with Gasteiger partial charge in [-0.2, -0.15) is 0 Å². The molecular weight excluding hydrogens is 434 g/mol. The number of benzene rings is 3. The average molecular weight is 451 g/mol. The molecule has 10 nitrogen and oxygen atoms in total. The van der Waals surface area contributed by atoms with E-state index in [9.17, 15) is 22.8 Å². The van der Waals surface area contributed by atoms with Crippen LogP contribution in [0.2, 0.25) is 0 Å². The van der Waals surface area contributed by atoms with Gasteiger partial charge in [0.25, 0.3) is 21.8 Å². The van der Waals surface area contributed by atoms with Gasteiger partial charge in [0, 0.05) is 5.56 Å². The molecule has 0 aliphatic carbocycles. The Labute approximate surface area is 181 Å². The third kappa shape index (κ3) is 4.37. The number of hydrazine groups is 1. The number of anilines is 1. The van der Waals surface area contributed by atoms with Crippen molar-refractivity contribution in [3.63, 3.8) is 0 Å². The Morgan fingerprint density at radius 1 is 0.750 bits per heavy atom. The minimum atomic E-state index is -4.08. The third-order valence-electron chi connectivity index (χ3n) is 4.54. The molecule has 0 unspecified atom stereocenters. The minimum Gasteiger partial charge on any atom is -0.306 e. The Morgan fingerprint density at radius 3 is 2.19 bits per heavy atom. The molecule has 1 aromatic heterocycles. The zero-order valence-electron chi connectivity index (χ0n) is 16.4. The van der Waals surface area contributed by atoms with Crippen molar-refractivity contribution in [2.24, 2.45) is 0 Å². The largest absolute Gasteiger partial charge is 0.323 e. The van der Waals surface area contributed by atoms with Crippen LogP contribution in [0.1, 0.15) is 20.7 Å². The number of sulfonamides is 1. The average Bonchev–Trinajstić information content (AvgIpc) is 3.17. The number of amides is 2. The Kier molecular flexibility index (Phi) is 5.48. The van der Waals surface area contributed by atoms with Gasteiger partial charge in [0.05, 0.1) is 27.2 Å². The van der Waals surface area contributed by atoms with Crippen molar-refractivity contribution >= 4 is 38.6 Å². The highest BCUT2D eigenvalue weighted by Crippen LogP contribution is 2.22. The van der Waals surface area contributed by atoms with Crippen LogP contribution < -0.4 is 21.3 Å². The number of carbonyl (C=O) groups excluding carboxylic acids is 2. The molecule has 0 spiro atoms. The molecule has 1 heterocycles. The van der Waals surface area contributed by atoms with Crippen molar-refractivity contribution in [1.29, 1.82) is 0 Å². The molecule has 11 heteroatoms. The van der Waals surface area contributed by atoms with Crippen LogP contribution in [0.4, 0.5) is 5.69 Å². The Bertz CT molecular complexity index is 1480. The summed E-state index contributed by atoms with van der Waals surface area (Å²) in [5, 5.41) is 0. The van der Waals surface area contributed by atoms with E-state index in [-0.39, 0.29) is 16.1 Å². The van der Waals surface area contributed by atoms with Gasteiger partial charge in [0.15, 0.2) is 0 Å². The van der Waals surface area contributed by atoms with E-state index in [2.05, 4.69) is 25.5 Å². The lowest BCUT2D eigenvalue weighted by Crippen LogP contribution is -2.41. The van der Waals surface area contributed by atoms with Crippen molar-refractivity contribution in [3.05, 3.63) is 94.4 Å². The lowest BCUT2D eigenvalue weighted by atomic mass is 10.2. The highest BCUT2D eigenvalue weighted by molar-refractivity contribution is 7.92. The standard InChI is InChI=1S/C21H17N5O5S/c27-19(13-6-2-1-3-7-13)24-25-20(28)15-8-4-5-9-16(15)26-32(30,31)14-10-11-17-18(12-14)23-21(29)22-17/h1-12,26H,(H,24,27)(H,25,28)(H2,22,23,29). The van der Waals surface area contributed by atoms with Gasteiger partial charge < -0.3 is 9.97 Å². The first kappa shape index (κ1) is 20.9. The number of carbonyl (C=O) groups is 2. The number of fused-ring (bicyclic) bond motifs is 1. The molecule has 32 heavy (non-hydrogen) atoms. The van der Waals surface area contributed by atoms with Crippen molar-refractivity contribution in [1.82, 2.24) is 20.8 Å². The molecule has 0 saturated carbocycles. The highest BCUT2D eigenvalue weighted by Gasteiger charge is 2.20. The van der Waals surface area contributed by atoms with Crippen LogP contribution in [0.5, 0.6) is 0 Å². The van der Waals surface area contributed by atoms with Crippen molar-refractivity contribution in [2.45, 2.75) is 4.90 Å². The number of hydrogen-bond donors (Lipinski definition) is 5. The Hall–Kier alpha value is -4.38. The SMILES string of the molecule is O=C(NNC(=O)c1ccccc1NS(=O)(=O)c1ccc2[nH]c(=O)[nH]c2c1)c1ccccc1. The Balaban J connectivity index is 1.53. The zero-order valence-corrected chi connectivity index (χ0v) is 17.2. The number of H-pyrrole nitrogens is 2. The predicted molar refractivity (Wildman–Crippen MR) is 118 cm³/mol.